The zero-order valence-electron chi connectivity index (χ0n) is 32.8. The van der Waals surface area contributed by atoms with Gasteiger partial charge in [-0.1, -0.05) is 23.2 Å². The van der Waals surface area contributed by atoms with Crippen molar-refractivity contribution in [1.29, 1.82) is 0 Å². The monoisotopic (exact) mass is 908 g/mol. The van der Waals surface area contributed by atoms with E-state index in [0.717, 1.165) is 25.0 Å². The van der Waals surface area contributed by atoms with Gasteiger partial charge in [-0.05, 0) is 100 Å². The topological polar surface area (TPSA) is 268 Å². The molecule has 2 aromatic carbocycles. The molecule has 1 aliphatic carbocycles. The van der Waals surface area contributed by atoms with Crippen LogP contribution in [-0.4, -0.2) is 87.0 Å². The third kappa shape index (κ3) is 15.0. The molecule has 0 fully saturated rings. The molecule has 2 heterocycles. The first-order valence-electron chi connectivity index (χ1n) is 18.1. The number of ether oxygens (including phenoxy) is 1. The number of aromatic nitrogens is 1. The van der Waals surface area contributed by atoms with E-state index in [1.165, 1.54) is 42.9 Å². The molecule has 326 valence electrons. The highest BCUT2D eigenvalue weighted by atomic mass is 35.5. The number of carbonyl (C=O) groups is 6. The summed E-state index contributed by atoms with van der Waals surface area (Å²) >= 11 is 12.1. The van der Waals surface area contributed by atoms with Crippen molar-refractivity contribution in [3.63, 3.8) is 0 Å². The molecule has 0 saturated heterocycles. The number of carbonyl (C=O) groups excluding carboxylic acids is 4. The summed E-state index contributed by atoms with van der Waals surface area (Å²) in [5.41, 5.74) is 9.29. The molecule has 5 rings (SSSR count). The van der Waals surface area contributed by atoms with Crippen molar-refractivity contribution < 1.29 is 62.0 Å². The van der Waals surface area contributed by atoms with Gasteiger partial charge < -0.3 is 30.9 Å². The van der Waals surface area contributed by atoms with Crippen LogP contribution in [0.3, 0.4) is 0 Å². The van der Waals surface area contributed by atoms with E-state index in [-0.39, 0.29) is 58.7 Å². The minimum atomic E-state index is -3.10. The van der Waals surface area contributed by atoms with Gasteiger partial charge in [0, 0.05) is 46.9 Å². The first-order valence-corrected chi connectivity index (χ1v) is 21.2. The van der Waals surface area contributed by atoms with E-state index >= 15 is 0 Å². The van der Waals surface area contributed by atoms with Crippen molar-refractivity contribution in [1.82, 2.24) is 10.4 Å². The van der Waals surface area contributed by atoms with Crippen molar-refractivity contribution in [2.75, 3.05) is 29.7 Å². The number of hydrazone groups is 1. The van der Waals surface area contributed by atoms with Gasteiger partial charge >= 0.3 is 23.9 Å². The van der Waals surface area contributed by atoms with Gasteiger partial charge in [0.2, 0.25) is 0 Å². The predicted molar refractivity (Wildman–Crippen MR) is 223 cm³/mol. The molecule has 0 radical (unpaired) electrons. The van der Waals surface area contributed by atoms with Crippen LogP contribution in [0, 0.1) is 11.6 Å². The fourth-order valence-electron chi connectivity index (χ4n) is 5.49. The number of amides is 4. The zero-order valence-corrected chi connectivity index (χ0v) is 35.2. The summed E-state index contributed by atoms with van der Waals surface area (Å²) in [6.07, 6.45) is 5.84. The second kappa shape index (κ2) is 22.7. The second-order valence-corrected chi connectivity index (χ2v) is 16.5. The largest absolute Gasteiger partial charge is 0.480 e. The van der Waals surface area contributed by atoms with Gasteiger partial charge in [-0.25, -0.2) is 33.5 Å². The van der Waals surface area contributed by atoms with Gasteiger partial charge in [0.05, 0.1) is 23.6 Å². The first-order chi connectivity index (χ1) is 28.6. The van der Waals surface area contributed by atoms with Crippen LogP contribution in [0.5, 0.6) is 0 Å². The summed E-state index contributed by atoms with van der Waals surface area (Å²) in [4.78, 5) is 83.7. The van der Waals surface area contributed by atoms with Crippen LogP contribution < -0.4 is 21.4 Å². The molecule has 7 N–H and O–H groups in total. The van der Waals surface area contributed by atoms with E-state index in [2.05, 4.69) is 20.8 Å². The SMILES string of the molecule is C/C(=N\NC(=O)Nc1cc(F)cc(F)c1)c1ncccc1C(=O)O.CCOC(=O)/C(Cl)=C/c1cc(N2C(=O)C3=C(CCCC3)C2=O)ccc1Cl.CP(=O)(O)CCC(N)C(=O)O. The summed E-state index contributed by atoms with van der Waals surface area (Å²) < 4.78 is 41.5. The average Bonchev–Trinajstić information content (AvgIpc) is 3.45. The molecule has 61 heavy (non-hydrogen) atoms. The molecule has 1 aliphatic heterocycles. The summed E-state index contributed by atoms with van der Waals surface area (Å²) in [6, 6.07) is 8.18. The van der Waals surface area contributed by atoms with Crippen molar-refractivity contribution >= 4 is 89.5 Å². The van der Waals surface area contributed by atoms with Crippen LogP contribution in [-0.2, 0) is 28.5 Å². The van der Waals surface area contributed by atoms with Gasteiger partial charge in [-0.2, -0.15) is 5.10 Å². The fourth-order valence-corrected chi connectivity index (χ4v) is 6.59. The molecule has 2 unspecified atom stereocenters. The number of urea groups is 1. The summed E-state index contributed by atoms with van der Waals surface area (Å²) in [5.74, 6) is -5.24. The van der Waals surface area contributed by atoms with E-state index in [1.807, 2.05) is 0 Å². The van der Waals surface area contributed by atoms with Crippen LogP contribution in [0.4, 0.5) is 25.0 Å². The number of carboxylic acids is 2. The van der Waals surface area contributed by atoms with E-state index in [4.69, 9.17) is 48.8 Å². The van der Waals surface area contributed by atoms with E-state index in [1.54, 1.807) is 25.1 Å². The van der Waals surface area contributed by atoms with Crippen LogP contribution >= 0.6 is 30.6 Å². The van der Waals surface area contributed by atoms with Crippen LogP contribution in [0.25, 0.3) is 6.08 Å². The predicted octanol–water partition coefficient (Wildman–Crippen LogP) is 6.52. The molecule has 0 saturated carbocycles. The Bertz CT molecular complexity index is 2290. The number of aliphatic carboxylic acids is 1. The maximum atomic E-state index is 13.0. The Morgan fingerprint density at radius 1 is 1.05 bits per heavy atom. The molecule has 0 bridgehead atoms. The quantitative estimate of drug-likeness (QED) is 0.0283. The number of hydrogen-bond donors (Lipinski definition) is 6. The zero-order chi connectivity index (χ0) is 45.6. The number of halogens is 4. The molecule has 4 amide bonds. The lowest BCUT2D eigenvalue weighted by Gasteiger charge is -2.16. The molecular weight excluding hydrogens is 868 g/mol. The molecule has 3 aromatic rings. The third-order valence-corrected chi connectivity index (χ3v) is 10.1. The second-order valence-electron chi connectivity index (χ2n) is 13.2. The maximum absolute atomic E-state index is 13.0. The number of imide groups is 1. The Morgan fingerprint density at radius 3 is 2.20 bits per heavy atom. The number of rotatable bonds is 12. The standard InChI is InChI=1S/C19H17Cl2NO4.C15H12F2N4O3.C5H12NO4P/c1-2-26-19(25)16(21)10-11-9-12(7-8-15(11)20)22-17(23)13-5-3-4-6-14(13)18(22)24;1-8(13-12(14(22)23)3-2-4-18-13)20-21-15(24)19-11-6-9(16)5-10(17)7-11;1-11(9,10)3-2-4(6)5(7)8/h7-10H,2-6H2,1H3;2-7H,1H3,(H,22,23)(H2,19,21,24);4H,2-3,6H2,1H3,(H,7,8)(H,9,10)/b16-10-;20-8+;. The fraction of sp³-hybridized carbons (Fsp3) is 0.282. The molecule has 17 nitrogen and oxygen atoms in total. The Balaban J connectivity index is 0.000000264. The van der Waals surface area contributed by atoms with Gasteiger partial charge in [-0.15, -0.1) is 0 Å². The van der Waals surface area contributed by atoms with Crippen molar-refractivity contribution in [3.8, 4) is 0 Å². The van der Waals surface area contributed by atoms with E-state index < -0.39 is 49.0 Å². The number of aromatic carboxylic acids is 1. The number of pyridine rings is 1. The van der Waals surface area contributed by atoms with Gasteiger partial charge in [0.25, 0.3) is 11.8 Å². The van der Waals surface area contributed by atoms with Gasteiger partial charge in [0.15, 0.2) is 7.37 Å². The number of esters is 1. The molecule has 2 atom stereocenters. The van der Waals surface area contributed by atoms with Crippen molar-refractivity contribution in [2.24, 2.45) is 10.8 Å². The van der Waals surface area contributed by atoms with E-state index in [0.29, 0.717) is 46.3 Å². The van der Waals surface area contributed by atoms with E-state index in [9.17, 15) is 42.1 Å². The summed E-state index contributed by atoms with van der Waals surface area (Å²) in [5, 5.41) is 23.5. The maximum Gasteiger partial charge on any atom is 0.349 e. The number of benzene rings is 2. The smallest absolute Gasteiger partial charge is 0.349 e. The number of nitrogens with one attached hydrogen (secondary N) is 2. The number of nitrogens with two attached hydrogens (primary N) is 1. The lowest BCUT2D eigenvalue weighted by atomic mass is 9.93. The lowest BCUT2D eigenvalue weighted by Crippen LogP contribution is -2.31. The lowest BCUT2D eigenvalue weighted by molar-refractivity contribution is -0.139. The Morgan fingerprint density at radius 2 is 1.66 bits per heavy atom. The molecule has 1 aromatic heterocycles. The number of carboxylic acid groups (broad SMARTS) is 2. The number of hydrogen-bond acceptors (Lipinski definition) is 11. The van der Waals surface area contributed by atoms with Crippen LogP contribution in [0.15, 0.2) is 76.0 Å². The molecule has 0 spiro atoms. The summed E-state index contributed by atoms with van der Waals surface area (Å²) in [6.45, 7) is 4.51. The highest BCUT2D eigenvalue weighted by Gasteiger charge is 2.39. The molecule has 22 heteroatoms. The van der Waals surface area contributed by atoms with Crippen LogP contribution in [0.1, 0.15) is 67.6 Å². The first kappa shape index (κ1) is 49.5. The van der Waals surface area contributed by atoms with Gasteiger partial charge in [-0.3, -0.25) is 23.9 Å². The molecular formula is C39H41Cl2F2N6O11P. The minimum Gasteiger partial charge on any atom is -0.480 e. The minimum absolute atomic E-state index is 0.0412. The molecule has 2 aliphatic rings. The third-order valence-electron chi connectivity index (χ3n) is 8.38. The number of nitrogens with zero attached hydrogens (tertiary/aromatic N) is 3. The normalized spacial score (nSPS) is 15.3. The van der Waals surface area contributed by atoms with Crippen molar-refractivity contribution in [3.05, 3.63) is 104 Å². The summed E-state index contributed by atoms with van der Waals surface area (Å²) in [7, 11) is -3.10. The highest BCUT2D eigenvalue weighted by Crippen LogP contribution is 2.37. The Kier molecular flexibility index (Phi) is 18.4. The average molecular weight is 910 g/mol. The van der Waals surface area contributed by atoms with Gasteiger partial charge in [0.1, 0.15) is 28.4 Å². The Hall–Kier alpha value is -5.85. The Labute approximate surface area is 357 Å². The van der Waals surface area contributed by atoms with Crippen molar-refractivity contribution in [2.45, 2.75) is 52.0 Å². The number of anilines is 2. The van der Waals surface area contributed by atoms with Crippen LogP contribution in [0.2, 0.25) is 5.02 Å². The highest BCUT2D eigenvalue weighted by molar-refractivity contribution is 7.57.